The van der Waals surface area contributed by atoms with Gasteiger partial charge in [0.05, 0.1) is 11.4 Å². The Kier molecular flexibility index (Phi) is 2.83. The van der Waals surface area contributed by atoms with E-state index in [2.05, 4.69) is 10.1 Å². The number of pyridine rings is 1. The fourth-order valence-corrected chi connectivity index (χ4v) is 1.91. The number of halogens is 1. The van der Waals surface area contributed by atoms with Crippen LogP contribution in [0.25, 0.3) is 22.6 Å². The minimum absolute atomic E-state index is 0.246. The molecule has 0 saturated heterocycles. The molecule has 0 bridgehead atoms. The van der Waals surface area contributed by atoms with Gasteiger partial charge < -0.3 is 0 Å². The number of hydrogen-bond acceptors (Lipinski definition) is 2. The predicted molar refractivity (Wildman–Crippen MR) is 71.8 cm³/mol. The van der Waals surface area contributed by atoms with Gasteiger partial charge >= 0.3 is 0 Å². The van der Waals surface area contributed by atoms with Crippen LogP contribution in [0.3, 0.4) is 0 Å². The molecule has 0 aliphatic carbocycles. The van der Waals surface area contributed by atoms with Crippen molar-refractivity contribution in [3.63, 3.8) is 0 Å². The van der Waals surface area contributed by atoms with Crippen molar-refractivity contribution >= 4 is 0 Å². The first-order valence-electron chi connectivity index (χ1n) is 5.95. The van der Waals surface area contributed by atoms with E-state index in [1.807, 2.05) is 37.5 Å². The topological polar surface area (TPSA) is 30.7 Å². The van der Waals surface area contributed by atoms with Crippen molar-refractivity contribution in [3.05, 3.63) is 60.5 Å². The van der Waals surface area contributed by atoms with E-state index in [0.717, 1.165) is 22.6 Å². The summed E-state index contributed by atoms with van der Waals surface area (Å²) in [6.07, 6.45) is 1.88. The third-order valence-electron chi connectivity index (χ3n) is 2.87. The minimum atomic E-state index is -0.246. The van der Waals surface area contributed by atoms with Gasteiger partial charge in [-0.25, -0.2) is 9.37 Å². The van der Waals surface area contributed by atoms with Crippen molar-refractivity contribution in [1.82, 2.24) is 14.8 Å². The van der Waals surface area contributed by atoms with Crippen LogP contribution < -0.4 is 0 Å². The van der Waals surface area contributed by atoms with Crippen LogP contribution in [0.15, 0.2) is 54.7 Å². The number of rotatable bonds is 2. The van der Waals surface area contributed by atoms with E-state index >= 15 is 0 Å². The molecule has 0 N–H and O–H groups in total. The quantitative estimate of drug-likeness (QED) is 0.701. The lowest BCUT2D eigenvalue weighted by Crippen LogP contribution is -1.91. The van der Waals surface area contributed by atoms with Gasteiger partial charge in [0.15, 0.2) is 0 Å². The molecule has 0 unspecified atom stereocenters. The van der Waals surface area contributed by atoms with Crippen molar-refractivity contribution in [1.29, 1.82) is 0 Å². The smallest absolute Gasteiger partial charge is 0.123 e. The van der Waals surface area contributed by atoms with Crippen LogP contribution in [0.4, 0.5) is 4.39 Å². The maximum Gasteiger partial charge on any atom is 0.123 e. The highest BCUT2D eigenvalue weighted by Crippen LogP contribution is 2.21. The summed E-state index contributed by atoms with van der Waals surface area (Å²) in [4.78, 5) is 4.56. The molecule has 0 aliphatic rings. The molecular formula is C15H12FN3. The van der Waals surface area contributed by atoms with Crippen LogP contribution in [0, 0.1) is 5.82 Å². The van der Waals surface area contributed by atoms with Gasteiger partial charge in [-0.3, -0.25) is 4.68 Å². The van der Waals surface area contributed by atoms with Crippen LogP contribution in [0.1, 0.15) is 0 Å². The summed E-state index contributed by atoms with van der Waals surface area (Å²) in [5, 5.41) is 4.32. The number of nitrogens with zero attached hydrogens (tertiary/aromatic N) is 3. The first-order valence-corrected chi connectivity index (χ1v) is 5.95. The van der Waals surface area contributed by atoms with E-state index in [4.69, 9.17) is 0 Å². The van der Waals surface area contributed by atoms with E-state index in [-0.39, 0.29) is 5.82 Å². The Hall–Kier alpha value is -2.49. The minimum Gasteiger partial charge on any atom is -0.275 e. The molecule has 3 rings (SSSR count). The van der Waals surface area contributed by atoms with Gasteiger partial charge in [0, 0.05) is 18.8 Å². The highest BCUT2D eigenvalue weighted by Gasteiger charge is 2.05. The Labute approximate surface area is 110 Å². The van der Waals surface area contributed by atoms with Gasteiger partial charge in [0.2, 0.25) is 0 Å². The number of benzene rings is 1. The molecule has 2 aromatic heterocycles. The summed E-state index contributed by atoms with van der Waals surface area (Å²) < 4.78 is 14.7. The average Bonchev–Trinajstić information content (AvgIpc) is 2.86. The fraction of sp³-hybridized carbons (Fsp3) is 0.0667. The number of aryl methyl sites for hydroxylation is 1. The predicted octanol–water partition coefficient (Wildman–Crippen LogP) is 3.29. The molecule has 3 aromatic rings. The molecule has 0 saturated carbocycles. The standard InChI is InChI=1S/C15H12FN3/c1-19-10-9-15(18-19)14-4-2-3-13(17-14)11-5-7-12(16)8-6-11/h2-10H,1H3. The molecule has 0 spiro atoms. The highest BCUT2D eigenvalue weighted by molar-refractivity contribution is 5.63. The van der Waals surface area contributed by atoms with Gasteiger partial charge in [-0.2, -0.15) is 5.10 Å². The second kappa shape index (κ2) is 4.65. The van der Waals surface area contributed by atoms with Crippen molar-refractivity contribution < 1.29 is 4.39 Å². The van der Waals surface area contributed by atoms with Gasteiger partial charge in [-0.1, -0.05) is 6.07 Å². The van der Waals surface area contributed by atoms with Gasteiger partial charge in [-0.15, -0.1) is 0 Å². The highest BCUT2D eigenvalue weighted by atomic mass is 19.1. The zero-order valence-electron chi connectivity index (χ0n) is 10.4. The van der Waals surface area contributed by atoms with E-state index < -0.39 is 0 Å². The summed E-state index contributed by atoms with van der Waals surface area (Å²) in [5.41, 5.74) is 3.33. The third-order valence-corrected chi connectivity index (χ3v) is 2.87. The molecule has 0 radical (unpaired) electrons. The van der Waals surface area contributed by atoms with E-state index in [1.54, 1.807) is 16.8 Å². The summed E-state index contributed by atoms with van der Waals surface area (Å²) in [6, 6.07) is 14.0. The molecule has 2 heterocycles. The summed E-state index contributed by atoms with van der Waals surface area (Å²) in [6.45, 7) is 0. The van der Waals surface area contributed by atoms with E-state index in [1.165, 1.54) is 12.1 Å². The van der Waals surface area contributed by atoms with Crippen molar-refractivity contribution in [3.8, 4) is 22.6 Å². The van der Waals surface area contributed by atoms with E-state index in [0.29, 0.717) is 0 Å². The SMILES string of the molecule is Cn1ccc(-c2cccc(-c3ccc(F)cc3)n2)n1. The van der Waals surface area contributed by atoms with Crippen LogP contribution >= 0.6 is 0 Å². The fourth-order valence-electron chi connectivity index (χ4n) is 1.91. The van der Waals surface area contributed by atoms with Crippen molar-refractivity contribution in [2.75, 3.05) is 0 Å². The summed E-state index contributed by atoms with van der Waals surface area (Å²) in [5.74, 6) is -0.246. The average molecular weight is 253 g/mol. The molecule has 94 valence electrons. The first kappa shape index (κ1) is 11.6. The van der Waals surface area contributed by atoms with E-state index in [9.17, 15) is 4.39 Å². The normalized spacial score (nSPS) is 10.6. The van der Waals surface area contributed by atoms with Crippen molar-refractivity contribution in [2.45, 2.75) is 0 Å². The monoisotopic (exact) mass is 253 g/mol. The molecule has 0 amide bonds. The lowest BCUT2D eigenvalue weighted by Gasteiger charge is -2.03. The molecule has 0 atom stereocenters. The molecular weight excluding hydrogens is 241 g/mol. The summed E-state index contributed by atoms with van der Waals surface area (Å²) >= 11 is 0. The molecule has 1 aromatic carbocycles. The van der Waals surface area contributed by atoms with Crippen LogP contribution in [0.5, 0.6) is 0 Å². The molecule has 4 heteroatoms. The Balaban J connectivity index is 2.02. The molecule has 0 fully saturated rings. The number of hydrogen-bond donors (Lipinski definition) is 0. The van der Waals surface area contributed by atoms with Gasteiger partial charge in [0.25, 0.3) is 0 Å². The Morgan fingerprint density at radius 2 is 1.63 bits per heavy atom. The van der Waals surface area contributed by atoms with Crippen LogP contribution in [-0.2, 0) is 7.05 Å². The lowest BCUT2D eigenvalue weighted by molar-refractivity contribution is 0.628. The lowest BCUT2D eigenvalue weighted by atomic mass is 10.1. The zero-order valence-corrected chi connectivity index (χ0v) is 10.4. The first-order chi connectivity index (χ1) is 9.22. The van der Waals surface area contributed by atoms with Gasteiger partial charge in [0.1, 0.15) is 11.5 Å². The van der Waals surface area contributed by atoms with Crippen molar-refractivity contribution in [2.24, 2.45) is 7.05 Å². The van der Waals surface area contributed by atoms with Crippen LogP contribution in [-0.4, -0.2) is 14.8 Å². The molecule has 19 heavy (non-hydrogen) atoms. The number of aromatic nitrogens is 3. The maximum absolute atomic E-state index is 12.9. The zero-order chi connectivity index (χ0) is 13.2. The van der Waals surface area contributed by atoms with Gasteiger partial charge in [-0.05, 0) is 42.5 Å². The summed E-state index contributed by atoms with van der Waals surface area (Å²) in [7, 11) is 1.87. The Morgan fingerprint density at radius 3 is 2.32 bits per heavy atom. The largest absolute Gasteiger partial charge is 0.275 e. The third kappa shape index (κ3) is 2.38. The maximum atomic E-state index is 12.9. The molecule has 3 nitrogen and oxygen atoms in total. The van der Waals surface area contributed by atoms with Crippen LogP contribution in [0.2, 0.25) is 0 Å². The second-order valence-corrected chi connectivity index (χ2v) is 4.29. The Morgan fingerprint density at radius 1 is 0.895 bits per heavy atom. The Bertz CT molecular complexity index is 701. The molecule has 0 aliphatic heterocycles. The second-order valence-electron chi connectivity index (χ2n) is 4.29.